The van der Waals surface area contributed by atoms with Gasteiger partial charge in [-0.3, -0.25) is 13.9 Å². The molecule has 3 aromatic rings. The monoisotopic (exact) mass is 555 g/mol. The fourth-order valence-corrected chi connectivity index (χ4v) is 5.64. The molecule has 7 nitrogen and oxygen atoms in total. The zero-order chi connectivity index (χ0) is 27.7. The van der Waals surface area contributed by atoms with Gasteiger partial charge in [0.15, 0.2) is 0 Å². The van der Waals surface area contributed by atoms with Crippen LogP contribution in [0.1, 0.15) is 39.2 Å². The first kappa shape index (κ1) is 29.2. The van der Waals surface area contributed by atoms with Gasteiger partial charge in [-0.25, -0.2) is 8.42 Å². The zero-order valence-corrected chi connectivity index (χ0v) is 23.5. The van der Waals surface area contributed by atoms with E-state index in [4.69, 9.17) is 11.6 Å². The van der Waals surface area contributed by atoms with Crippen molar-refractivity contribution in [2.24, 2.45) is 0 Å². The summed E-state index contributed by atoms with van der Waals surface area (Å²) in [5, 5.41) is 3.42. The third kappa shape index (κ3) is 7.14. The van der Waals surface area contributed by atoms with Crippen molar-refractivity contribution >= 4 is 39.1 Å². The number of hydrogen-bond acceptors (Lipinski definition) is 4. The van der Waals surface area contributed by atoms with E-state index < -0.39 is 28.5 Å². The molecule has 0 fully saturated rings. The summed E-state index contributed by atoms with van der Waals surface area (Å²) in [6.45, 7) is 5.25. The minimum Gasteiger partial charge on any atom is -0.352 e. The maximum absolute atomic E-state index is 14.0. The van der Waals surface area contributed by atoms with Crippen LogP contribution in [0.5, 0.6) is 0 Å². The van der Waals surface area contributed by atoms with Crippen LogP contribution in [0.15, 0.2) is 89.8 Å². The van der Waals surface area contributed by atoms with Crippen LogP contribution in [0, 0.1) is 0 Å². The number of hydrogen-bond donors (Lipinski definition) is 1. The SMILES string of the molecule is CC[C@@H](C)NC(=O)[C@H](CC)N(Cc1ccccc1Cl)C(=O)CN(c1ccccc1)S(=O)(=O)c1ccccc1. The van der Waals surface area contributed by atoms with Gasteiger partial charge in [-0.2, -0.15) is 0 Å². The van der Waals surface area contributed by atoms with Crippen LogP contribution < -0.4 is 9.62 Å². The first-order chi connectivity index (χ1) is 18.2. The molecule has 0 saturated heterocycles. The highest BCUT2D eigenvalue weighted by Gasteiger charge is 2.34. The number of halogens is 1. The molecule has 0 saturated carbocycles. The second-order valence-electron chi connectivity index (χ2n) is 9.02. The molecular formula is C29H34ClN3O4S. The van der Waals surface area contributed by atoms with Crippen molar-refractivity contribution in [2.45, 2.75) is 57.1 Å². The second kappa shape index (κ2) is 13.4. The van der Waals surface area contributed by atoms with Gasteiger partial charge in [0.05, 0.1) is 10.6 Å². The summed E-state index contributed by atoms with van der Waals surface area (Å²) in [6.07, 6.45) is 1.08. The molecule has 1 N–H and O–H groups in total. The molecular weight excluding hydrogens is 522 g/mol. The Balaban J connectivity index is 2.03. The largest absolute Gasteiger partial charge is 0.352 e. The summed E-state index contributed by atoms with van der Waals surface area (Å²) in [7, 11) is -4.08. The smallest absolute Gasteiger partial charge is 0.264 e. The van der Waals surface area contributed by atoms with Gasteiger partial charge in [0, 0.05) is 17.6 Å². The standard InChI is InChI=1S/C29H34ClN3O4S/c1-4-22(3)31-29(35)27(5-2)32(20-23-14-12-13-19-26(23)30)28(34)21-33(24-15-8-6-9-16-24)38(36,37)25-17-10-7-11-18-25/h6-19,22,27H,4-5,20-21H2,1-3H3,(H,31,35)/t22-,27+/m1/s1. The molecule has 3 aromatic carbocycles. The lowest BCUT2D eigenvalue weighted by atomic mass is 10.1. The molecule has 2 atom stereocenters. The summed E-state index contributed by atoms with van der Waals surface area (Å²) in [4.78, 5) is 28.7. The quantitative estimate of drug-likeness (QED) is 0.330. The highest BCUT2D eigenvalue weighted by atomic mass is 35.5. The van der Waals surface area contributed by atoms with Crippen LogP contribution in [-0.2, 0) is 26.2 Å². The molecule has 202 valence electrons. The lowest BCUT2D eigenvalue weighted by Gasteiger charge is -2.34. The molecule has 0 radical (unpaired) electrons. The highest BCUT2D eigenvalue weighted by molar-refractivity contribution is 7.92. The molecule has 0 aromatic heterocycles. The molecule has 0 aliphatic heterocycles. The van der Waals surface area contributed by atoms with Crippen molar-refractivity contribution in [3.63, 3.8) is 0 Å². The average molecular weight is 556 g/mol. The molecule has 0 aliphatic rings. The Hall–Kier alpha value is -3.36. The van der Waals surface area contributed by atoms with Crippen LogP contribution in [0.2, 0.25) is 5.02 Å². The lowest BCUT2D eigenvalue weighted by molar-refractivity contribution is -0.140. The number of benzene rings is 3. The van der Waals surface area contributed by atoms with E-state index in [0.29, 0.717) is 22.7 Å². The predicted octanol–water partition coefficient (Wildman–Crippen LogP) is 5.26. The van der Waals surface area contributed by atoms with Crippen molar-refractivity contribution in [1.82, 2.24) is 10.2 Å². The van der Waals surface area contributed by atoms with Crippen LogP contribution in [0.3, 0.4) is 0 Å². The fourth-order valence-electron chi connectivity index (χ4n) is 4.01. The Kier molecular flexibility index (Phi) is 10.3. The molecule has 0 unspecified atom stereocenters. The number of amides is 2. The molecule has 2 amide bonds. The number of sulfonamides is 1. The number of para-hydroxylation sites is 1. The molecule has 9 heteroatoms. The Bertz CT molecular complexity index is 1320. The molecule has 38 heavy (non-hydrogen) atoms. The van der Waals surface area contributed by atoms with Gasteiger partial charge in [0.2, 0.25) is 11.8 Å². The van der Waals surface area contributed by atoms with Crippen molar-refractivity contribution in [1.29, 1.82) is 0 Å². The van der Waals surface area contributed by atoms with E-state index >= 15 is 0 Å². The number of anilines is 1. The maximum Gasteiger partial charge on any atom is 0.264 e. The van der Waals surface area contributed by atoms with E-state index in [-0.39, 0.29) is 23.4 Å². The van der Waals surface area contributed by atoms with Gasteiger partial charge in [-0.1, -0.05) is 80.0 Å². The topological polar surface area (TPSA) is 86.8 Å². The van der Waals surface area contributed by atoms with Crippen molar-refractivity contribution in [3.05, 3.63) is 95.5 Å². The lowest BCUT2D eigenvalue weighted by Crippen LogP contribution is -2.53. The number of carbonyl (C=O) groups excluding carboxylic acids is 2. The minimum atomic E-state index is -4.08. The summed E-state index contributed by atoms with van der Waals surface area (Å²) in [5.74, 6) is -0.807. The Morgan fingerprint density at radius 3 is 2.03 bits per heavy atom. The summed E-state index contributed by atoms with van der Waals surface area (Å²) in [5.41, 5.74) is 1.01. The van der Waals surface area contributed by atoms with Gasteiger partial charge in [0.25, 0.3) is 10.0 Å². The molecule has 0 spiro atoms. The van der Waals surface area contributed by atoms with Crippen LogP contribution in [-0.4, -0.2) is 43.8 Å². The third-order valence-electron chi connectivity index (χ3n) is 6.34. The summed E-state index contributed by atoms with van der Waals surface area (Å²) >= 11 is 6.42. The van der Waals surface area contributed by atoms with Crippen molar-refractivity contribution in [3.8, 4) is 0 Å². The van der Waals surface area contributed by atoms with E-state index in [9.17, 15) is 18.0 Å². The Morgan fingerprint density at radius 2 is 1.45 bits per heavy atom. The van der Waals surface area contributed by atoms with Gasteiger partial charge in [-0.05, 0) is 55.7 Å². The van der Waals surface area contributed by atoms with Crippen molar-refractivity contribution < 1.29 is 18.0 Å². The number of nitrogens with one attached hydrogen (secondary N) is 1. The van der Waals surface area contributed by atoms with Gasteiger partial charge in [-0.15, -0.1) is 0 Å². The highest BCUT2D eigenvalue weighted by Crippen LogP contribution is 2.25. The average Bonchev–Trinajstić information content (AvgIpc) is 2.93. The molecule has 3 rings (SSSR count). The number of rotatable bonds is 12. The van der Waals surface area contributed by atoms with Crippen molar-refractivity contribution in [2.75, 3.05) is 10.8 Å². The van der Waals surface area contributed by atoms with Gasteiger partial charge < -0.3 is 10.2 Å². The molecule has 0 bridgehead atoms. The number of nitrogens with zero attached hydrogens (tertiary/aromatic N) is 2. The fraction of sp³-hybridized carbons (Fsp3) is 0.310. The summed E-state index contributed by atoms with van der Waals surface area (Å²) in [6, 6.07) is 22.7. The third-order valence-corrected chi connectivity index (χ3v) is 8.50. The van der Waals surface area contributed by atoms with E-state index in [1.165, 1.54) is 17.0 Å². The molecule has 0 aliphatic carbocycles. The number of carbonyl (C=O) groups is 2. The Morgan fingerprint density at radius 1 is 0.868 bits per heavy atom. The van der Waals surface area contributed by atoms with Gasteiger partial charge >= 0.3 is 0 Å². The normalized spacial score (nSPS) is 12.8. The zero-order valence-electron chi connectivity index (χ0n) is 21.9. The second-order valence-corrected chi connectivity index (χ2v) is 11.3. The van der Waals surface area contributed by atoms with Crippen LogP contribution in [0.4, 0.5) is 5.69 Å². The van der Waals surface area contributed by atoms with E-state index in [1.807, 2.05) is 20.8 Å². The summed E-state index contributed by atoms with van der Waals surface area (Å²) < 4.78 is 28.5. The molecule has 0 heterocycles. The van der Waals surface area contributed by atoms with Gasteiger partial charge in [0.1, 0.15) is 12.6 Å². The Labute approximate surface area is 230 Å². The van der Waals surface area contributed by atoms with E-state index in [2.05, 4.69) is 5.32 Å². The minimum absolute atomic E-state index is 0.0545. The van der Waals surface area contributed by atoms with E-state index in [0.717, 1.165) is 10.7 Å². The van der Waals surface area contributed by atoms with E-state index in [1.54, 1.807) is 72.8 Å². The predicted molar refractivity (Wildman–Crippen MR) is 151 cm³/mol. The maximum atomic E-state index is 14.0. The first-order valence-electron chi connectivity index (χ1n) is 12.6. The first-order valence-corrected chi connectivity index (χ1v) is 14.5. The van der Waals surface area contributed by atoms with Crippen LogP contribution >= 0.6 is 11.6 Å². The van der Waals surface area contributed by atoms with Crippen LogP contribution in [0.25, 0.3) is 0 Å².